The molecule has 0 spiro atoms. The van der Waals surface area contributed by atoms with Gasteiger partial charge in [-0.1, -0.05) is 23.4 Å². The quantitative estimate of drug-likeness (QED) is 0.790. The number of aromatic nitrogens is 4. The Labute approximate surface area is 134 Å². The van der Waals surface area contributed by atoms with Crippen LogP contribution in [0.3, 0.4) is 0 Å². The molecule has 0 radical (unpaired) electrons. The number of ketones is 1. The third-order valence-corrected chi connectivity index (χ3v) is 3.94. The smallest absolute Gasteiger partial charge is 0.339 e. The number of carboxylic acid groups (broad SMARTS) is 1. The Morgan fingerprint density at radius 3 is 2.77 bits per heavy atom. The Hall–Kier alpha value is -2.13. The Morgan fingerprint density at radius 1 is 1.45 bits per heavy atom. The Kier molecular flexibility index (Phi) is 4.99. The minimum absolute atomic E-state index is 0.0237. The summed E-state index contributed by atoms with van der Waals surface area (Å²) in [6.45, 7) is 1.46. The van der Waals surface area contributed by atoms with Crippen molar-refractivity contribution in [3.8, 4) is 11.4 Å². The van der Waals surface area contributed by atoms with E-state index in [2.05, 4.69) is 15.5 Å². The third kappa shape index (κ3) is 3.37. The lowest BCUT2D eigenvalue weighted by Gasteiger charge is -2.10. The summed E-state index contributed by atoms with van der Waals surface area (Å²) in [5.74, 6) is -0.843. The third-order valence-electron chi connectivity index (χ3n) is 2.57. The molecule has 0 saturated carbocycles. The van der Waals surface area contributed by atoms with Gasteiger partial charge in [0.15, 0.2) is 0 Å². The lowest BCUT2D eigenvalue weighted by Crippen LogP contribution is -2.06. The van der Waals surface area contributed by atoms with Crippen molar-refractivity contribution < 1.29 is 19.4 Å². The average molecular weight is 343 g/mol. The lowest BCUT2D eigenvalue weighted by molar-refractivity contribution is -0.114. The van der Waals surface area contributed by atoms with Gasteiger partial charge in [0.2, 0.25) is 5.16 Å². The molecule has 2 aromatic rings. The standard InChI is InChI=1S/C12H11ClN4O4S/c1-6(18)5-22-12-14-15-16-17(12)9-4-10(21-2)7(11(19)20)3-8(9)13/h3-4H,5H2,1-2H3,(H,19,20). The summed E-state index contributed by atoms with van der Waals surface area (Å²) in [7, 11) is 1.35. The van der Waals surface area contributed by atoms with Crippen molar-refractivity contribution in [1.82, 2.24) is 20.2 Å². The molecule has 0 unspecified atom stereocenters. The number of benzene rings is 1. The van der Waals surface area contributed by atoms with Crippen LogP contribution < -0.4 is 4.74 Å². The number of hydrogen-bond acceptors (Lipinski definition) is 7. The number of halogens is 1. The lowest BCUT2D eigenvalue weighted by atomic mass is 10.2. The molecule has 8 nitrogen and oxygen atoms in total. The SMILES string of the molecule is COc1cc(-n2nnnc2SCC(C)=O)c(Cl)cc1C(=O)O. The molecule has 2 rings (SSSR count). The van der Waals surface area contributed by atoms with E-state index in [9.17, 15) is 9.59 Å². The van der Waals surface area contributed by atoms with Crippen LogP contribution in [-0.2, 0) is 4.79 Å². The van der Waals surface area contributed by atoms with Gasteiger partial charge < -0.3 is 9.84 Å². The monoisotopic (exact) mass is 342 g/mol. The van der Waals surface area contributed by atoms with E-state index in [0.29, 0.717) is 10.8 Å². The van der Waals surface area contributed by atoms with Gasteiger partial charge in [-0.25, -0.2) is 4.79 Å². The fourth-order valence-electron chi connectivity index (χ4n) is 1.63. The summed E-state index contributed by atoms with van der Waals surface area (Å²) in [5.41, 5.74) is 0.293. The molecule has 1 heterocycles. The summed E-state index contributed by atoms with van der Waals surface area (Å²) < 4.78 is 6.38. The number of hydrogen-bond donors (Lipinski definition) is 1. The van der Waals surface area contributed by atoms with Crippen LogP contribution in [0.2, 0.25) is 5.02 Å². The van der Waals surface area contributed by atoms with Crippen molar-refractivity contribution >= 4 is 35.1 Å². The Bertz CT molecular complexity index is 734. The van der Waals surface area contributed by atoms with E-state index in [1.807, 2.05) is 0 Å². The van der Waals surface area contributed by atoms with Crippen LogP contribution in [0.4, 0.5) is 0 Å². The van der Waals surface area contributed by atoms with E-state index in [1.165, 1.54) is 30.8 Å². The molecule has 0 atom stereocenters. The number of carbonyl (C=O) groups is 2. The first-order valence-electron chi connectivity index (χ1n) is 5.96. The molecule has 116 valence electrons. The van der Waals surface area contributed by atoms with Crippen LogP contribution in [0.5, 0.6) is 5.75 Å². The van der Waals surface area contributed by atoms with Crippen molar-refractivity contribution in [2.75, 3.05) is 12.9 Å². The Balaban J connectivity index is 2.47. The number of rotatable bonds is 6. The molecule has 1 aromatic carbocycles. The van der Waals surface area contributed by atoms with Crippen molar-refractivity contribution in [2.45, 2.75) is 12.1 Å². The summed E-state index contributed by atoms with van der Waals surface area (Å²) in [6, 6.07) is 2.69. The van der Waals surface area contributed by atoms with Crippen LogP contribution in [0.1, 0.15) is 17.3 Å². The maximum Gasteiger partial charge on any atom is 0.339 e. The number of Topliss-reactive ketones (excluding diaryl/α,β-unsaturated/α-hetero) is 1. The summed E-state index contributed by atoms with van der Waals surface area (Å²) in [5, 5.41) is 20.8. The predicted octanol–water partition coefficient (Wildman–Crippen LogP) is 1.70. The highest BCUT2D eigenvalue weighted by atomic mass is 35.5. The number of carbonyl (C=O) groups excluding carboxylic acids is 1. The first kappa shape index (κ1) is 16.2. The van der Waals surface area contributed by atoms with E-state index in [1.54, 1.807) is 0 Å². The van der Waals surface area contributed by atoms with Crippen molar-refractivity contribution in [3.05, 3.63) is 22.7 Å². The minimum Gasteiger partial charge on any atom is -0.496 e. The highest BCUT2D eigenvalue weighted by Crippen LogP contribution is 2.31. The molecule has 0 aliphatic heterocycles. The van der Waals surface area contributed by atoms with E-state index in [4.69, 9.17) is 21.4 Å². The topological polar surface area (TPSA) is 107 Å². The fraction of sp³-hybridized carbons (Fsp3) is 0.250. The number of carboxylic acids is 1. The van der Waals surface area contributed by atoms with Crippen LogP contribution in [0.15, 0.2) is 17.3 Å². The Morgan fingerprint density at radius 2 is 2.18 bits per heavy atom. The highest BCUT2D eigenvalue weighted by molar-refractivity contribution is 7.99. The van der Waals surface area contributed by atoms with Gasteiger partial charge in [-0.15, -0.1) is 5.10 Å². The van der Waals surface area contributed by atoms with Gasteiger partial charge in [0.25, 0.3) is 0 Å². The van der Waals surface area contributed by atoms with Crippen molar-refractivity contribution in [2.24, 2.45) is 0 Å². The molecule has 0 saturated heterocycles. The van der Waals surface area contributed by atoms with Crippen LogP contribution in [0.25, 0.3) is 5.69 Å². The van der Waals surface area contributed by atoms with Crippen LogP contribution in [-0.4, -0.2) is 49.9 Å². The molecule has 0 fully saturated rings. The summed E-state index contributed by atoms with van der Waals surface area (Å²) in [4.78, 5) is 22.2. The molecule has 1 aromatic heterocycles. The van der Waals surface area contributed by atoms with Gasteiger partial charge in [0.1, 0.15) is 17.1 Å². The molecule has 0 amide bonds. The zero-order valence-corrected chi connectivity index (χ0v) is 13.2. The van der Waals surface area contributed by atoms with Gasteiger partial charge in [-0.3, -0.25) is 4.79 Å². The summed E-state index contributed by atoms with van der Waals surface area (Å²) >= 11 is 7.27. The molecular weight excluding hydrogens is 332 g/mol. The fourth-order valence-corrected chi connectivity index (χ4v) is 2.55. The molecule has 0 bridgehead atoms. The average Bonchev–Trinajstić information content (AvgIpc) is 2.92. The van der Waals surface area contributed by atoms with Gasteiger partial charge in [-0.2, -0.15) is 4.68 Å². The number of nitrogens with zero attached hydrogens (tertiary/aromatic N) is 4. The van der Waals surface area contributed by atoms with Crippen molar-refractivity contribution in [1.29, 1.82) is 0 Å². The largest absolute Gasteiger partial charge is 0.496 e. The van der Waals surface area contributed by atoms with Gasteiger partial charge in [-0.05, 0) is 23.4 Å². The number of aromatic carboxylic acids is 1. The molecule has 1 N–H and O–H groups in total. The van der Waals surface area contributed by atoms with Crippen molar-refractivity contribution in [3.63, 3.8) is 0 Å². The van der Waals surface area contributed by atoms with Crippen LogP contribution >= 0.6 is 23.4 Å². The van der Waals surface area contributed by atoms with E-state index in [0.717, 1.165) is 11.8 Å². The first-order valence-corrected chi connectivity index (χ1v) is 7.32. The number of thioether (sulfide) groups is 1. The van der Waals surface area contributed by atoms with Gasteiger partial charge in [0.05, 0.1) is 23.6 Å². The maximum atomic E-state index is 11.1. The first-order chi connectivity index (χ1) is 10.4. The minimum atomic E-state index is -1.16. The van der Waals surface area contributed by atoms with E-state index >= 15 is 0 Å². The predicted molar refractivity (Wildman–Crippen MR) is 79.1 cm³/mol. The second-order valence-corrected chi connectivity index (χ2v) is 5.52. The second kappa shape index (κ2) is 6.75. The van der Waals surface area contributed by atoms with Gasteiger partial charge in [0, 0.05) is 6.07 Å². The molecule has 10 heteroatoms. The number of tetrazole rings is 1. The van der Waals surface area contributed by atoms with Gasteiger partial charge >= 0.3 is 5.97 Å². The molecule has 0 aliphatic carbocycles. The normalized spacial score (nSPS) is 10.5. The number of methoxy groups -OCH3 is 1. The summed E-state index contributed by atoms with van der Waals surface area (Å²) in [6.07, 6.45) is 0. The molecular formula is C12H11ClN4O4S. The van der Waals surface area contributed by atoms with Crippen LogP contribution in [0, 0.1) is 0 Å². The number of ether oxygens (including phenoxy) is 1. The van der Waals surface area contributed by atoms with E-state index < -0.39 is 5.97 Å². The molecule has 22 heavy (non-hydrogen) atoms. The van der Waals surface area contributed by atoms with E-state index in [-0.39, 0.29) is 27.9 Å². The highest BCUT2D eigenvalue weighted by Gasteiger charge is 2.19. The zero-order chi connectivity index (χ0) is 16.3. The molecule has 0 aliphatic rings. The zero-order valence-electron chi connectivity index (χ0n) is 11.6. The maximum absolute atomic E-state index is 11.1. The second-order valence-electron chi connectivity index (χ2n) is 4.17.